The van der Waals surface area contributed by atoms with Crippen molar-refractivity contribution in [2.75, 3.05) is 29.4 Å². The van der Waals surface area contributed by atoms with E-state index in [1.807, 2.05) is 13.8 Å². The Kier molecular flexibility index (Phi) is 11.0. The van der Waals surface area contributed by atoms with Crippen molar-refractivity contribution in [1.82, 2.24) is 5.43 Å². The van der Waals surface area contributed by atoms with Crippen LogP contribution >= 0.6 is 11.6 Å². The summed E-state index contributed by atoms with van der Waals surface area (Å²) in [7, 11) is -4.09. The molecule has 0 fully saturated rings. The number of nitrogens with one attached hydrogen (secondary N) is 2. The van der Waals surface area contributed by atoms with E-state index < -0.39 is 22.5 Å². The third kappa shape index (κ3) is 9.06. The Morgan fingerprint density at radius 2 is 1.55 bits per heavy atom. The van der Waals surface area contributed by atoms with Crippen molar-refractivity contribution in [3.05, 3.63) is 113 Å². The predicted molar refractivity (Wildman–Crippen MR) is 171 cm³/mol. The van der Waals surface area contributed by atoms with Crippen LogP contribution in [0, 0.1) is 6.92 Å². The predicted octanol–water partition coefficient (Wildman–Crippen LogP) is 5.41. The van der Waals surface area contributed by atoms with Gasteiger partial charge in [0, 0.05) is 10.7 Å². The quantitative estimate of drug-likeness (QED) is 0.150. The molecule has 0 unspecified atom stereocenters. The van der Waals surface area contributed by atoms with Crippen LogP contribution in [0.25, 0.3) is 0 Å². The smallest absolute Gasteiger partial charge is 0.264 e. The molecule has 0 bridgehead atoms. The monoisotopic (exact) mass is 634 g/mol. The highest BCUT2D eigenvalue weighted by atomic mass is 35.5. The van der Waals surface area contributed by atoms with Crippen molar-refractivity contribution in [2.24, 2.45) is 5.10 Å². The summed E-state index contributed by atoms with van der Waals surface area (Å²) in [5, 5.41) is 7.18. The number of amides is 2. The van der Waals surface area contributed by atoms with E-state index in [1.54, 1.807) is 84.9 Å². The van der Waals surface area contributed by atoms with Gasteiger partial charge in [-0.3, -0.25) is 13.9 Å². The average Bonchev–Trinajstić information content (AvgIpc) is 3.00. The lowest BCUT2D eigenvalue weighted by molar-refractivity contribution is -0.119. The fourth-order valence-corrected chi connectivity index (χ4v) is 5.55. The fraction of sp³-hybridized carbons (Fsp3) is 0.156. The summed E-state index contributed by atoms with van der Waals surface area (Å²) in [5.74, 6) is 0.0202. The van der Waals surface area contributed by atoms with Crippen molar-refractivity contribution in [1.29, 1.82) is 0 Å². The number of carbonyl (C=O) groups excluding carboxylic acids is 2. The lowest BCUT2D eigenvalue weighted by atomic mass is 10.2. The molecule has 0 radical (unpaired) electrons. The summed E-state index contributed by atoms with van der Waals surface area (Å²) < 4.78 is 39.1. The number of halogens is 1. The van der Waals surface area contributed by atoms with Gasteiger partial charge in [0.1, 0.15) is 18.0 Å². The number of hydrogen-bond donors (Lipinski definition) is 2. The zero-order chi connectivity index (χ0) is 31.5. The van der Waals surface area contributed by atoms with Crippen LogP contribution in [-0.4, -0.2) is 46.2 Å². The van der Waals surface area contributed by atoms with Crippen LogP contribution in [0.1, 0.15) is 18.1 Å². The number of hydrazone groups is 1. The molecule has 12 heteroatoms. The molecule has 0 aliphatic rings. The standard InChI is InChI=1S/C32H31ClN4O6S/c1-3-42-28-15-17-30(18-16-28)44(40,41)37(27-11-7-23(2)8-12-27)21-31(38)36-34-20-24-9-13-29(14-10-24)43-22-32(39)35-26-6-4-5-25(33)19-26/h4-20H,3,21-22H2,1-2H3,(H,35,39)(H,36,38)/b34-20-. The minimum Gasteiger partial charge on any atom is -0.494 e. The number of aryl methyl sites for hydroxylation is 1. The van der Waals surface area contributed by atoms with E-state index in [-0.39, 0.29) is 17.4 Å². The summed E-state index contributed by atoms with van der Waals surface area (Å²) >= 11 is 5.93. The van der Waals surface area contributed by atoms with E-state index in [4.69, 9.17) is 21.1 Å². The average molecular weight is 635 g/mol. The molecule has 0 aromatic heterocycles. The maximum atomic E-state index is 13.6. The van der Waals surface area contributed by atoms with Gasteiger partial charge in [0.25, 0.3) is 21.8 Å². The van der Waals surface area contributed by atoms with Gasteiger partial charge in [0.05, 0.1) is 23.4 Å². The molecule has 2 amide bonds. The minimum absolute atomic E-state index is 0.0158. The van der Waals surface area contributed by atoms with Crippen LogP contribution in [0.5, 0.6) is 11.5 Å². The third-order valence-corrected chi connectivity index (χ3v) is 8.12. The lowest BCUT2D eigenvalue weighted by Gasteiger charge is -2.24. The zero-order valence-electron chi connectivity index (χ0n) is 24.1. The van der Waals surface area contributed by atoms with Gasteiger partial charge in [-0.1, -0.05) is 35.4 Å². The molecule has 228 valence electrons. The summed E-state index contributed by atoms with van der Waals surface area (Å²) in [5.41, 5.74) is 4.86. The second-order valence-corrected chi connectivity index (χ2v) is 11.8. The summed E-state index contributed by atoms with van der Waals surface area (Å²) in [6.45, 7) is 3.47. The van der Waals surface area contributed by atoms with Crippen molar-refractivity contribution in [3.8, 4) is 11.5 Å². The Labute approximate surface area is 261 Å². The van der Waals surface area contributed by atoms with E-state index in [9.17, 15) is 18.0 Å². The number of nitrogens with zero attached hydrogens (tertiary/aromatic N) is 2. The van der Waals surface area contributed by atoms with Gasteiger partial charge in [-0.15, -0.1) is 0 Å². The molecule has 0 spiro atoms. The van der Waals surface area contributed by atoms with E-state index in [0.29, 0.717) is 40.1 Å². The molecule has 4 rings (SSSR count). The first kappa shape index (κ1) is 32.1. The SMILES string of the molecule is CCOc1ccc(S(=O)(=O)N(CC(=O)N/N=C\c2ccc(OCC(=O)Nc3cccc(Cl)c3)cc2)c2ccc(C)cc2)cc1. The number of anilines is 2. The first-order chi connectivity index (χ1) is 21.1. The minimum atomic E-state index is -4.09. The van der Waals surface area contributed by atoms with Crippen LogP contribution in [0.3, 0.4) is 0 Å². The molecule has 0 heterocycles. The maximum Gasteiger partial charge on any atom is 0.264 e. The largest absolute Gasteiger partial charge is 0.494 e. The zero-order valence-corrected chi connectivity index (χ0v) is 25.6. The molecular weight excluding hydrogens is 604 g/mol. The Hall–Kier alpha value is -4.87. The molecule has 0 atom stereocenters. The number of sulfonamides is 1. The number of ether oxygens (including phenoxy) is 2. The van der Waals surface area contributed by atoms with Gasteiger partial charge in [0.15, 0.2) is 6.61 Å². The van der Waals surface area contributed by atoms with Crippen molar-refractivity contribution in [3.63, 3.8) is 0 Å². The number of carbonyl (C=O) groups is 2. The first-order valence-electron chi connectivity index (χ1n) is 13.6. The Balaban J connectivity index is 1.35. The number of benzene rings is 4. The van der Waals surface area contributed by atoms with E-state index in [0.717, 1.165) is 9.87 Å². The van der Waals surface area contributed by atoms with Crippen LogP contribution in [-0.2, 0) is 19.6 Å². The normalized spacial score (nSPS) is 11.2. The highest BCUT2D eigenvalue weighted by Crippen LogP contribution is 2.25. The number of rotatable bonds is 13. The van der Waals surface area contributed by atoms with Crippen LogP contribution in [0.15, 0.2) is 107 Å². The molecule has 4 aromatic carbocycles. The van der Waals surface area contributed by atoms with Crippen LogP contribution in [0.4, 0.5) is 11.4 Å². The van der Waals surface area contributed by atoms with E-state index in [1.165, 1.54) is 18.3 Å². The highest BCUT2D eigenvalue weighted by Gasteiger charge is 2.27. The van der Waals surface area contributed by atoms with Crippen LogP contribution in [0.2, 0.25) is 5.02 Å². The summed E-state index contributed by atoms with van der Waals surface area (Å²) in [6.07, 6.45) is 1.41. The Bertz CT molecular complexity index is 1710. The molecule has 10 nitrogen and oxygen atoms in total. The van der Waals surface area contributed by atoms with Gasteiger partial charge in [0.2, 0.25) is 0 Å². The van der Waals surface area contributed by atoms with E-state index in [2.05, 4.69) is 15.8 Å². The van der Waals surface area contributed by atoms with Crippen molar-refractivity contribution < 1.29 is 27.5 Å². The molecule has 0 aliphatic heterocycles. The van der Waals surface area contributed by atoms with Crippen LogP contribution < -0.4 is 24.5 Å². The lowest BCUT2D eigenvalue weighted by Crippen LogP contribution is -2.39. The first-order valence-corrected chi connectivity index (χ1v) is 15.4. The van der Waals surface area contributed by atoms with Gasteiger partial charge < -0.3 is 14.8 Å². The highest BCUT2D eigenvalue weighted by molar-refractivity contribution is 7.92. The van der Waals surface area contributed by atoms with E-state index >= 15 is 0 Å². The molecule has 2 N–H and O–H groups in total. The number of hydrogen-bond acceptors (Lipinski definition) is 7. The maximum absolute atomic E-state index is 13.6. The van der Waals surface area contributed by atoms with Crippen molar-refractivity contribution in [2.45, 2.75) is 18.7 Å². The Morgan fingerprint density at radius 3 is 2.20 bits per heavy atom. The second-order valence-electron chi connectivity index (χ2n) is 9.46. The van der Waals surface area contributed by atoms with Crippen molar-refractivity contribution >= 4 is 51.0 Å². The molecule has 0 saturated carbocycles. The summed E-state index contributed by atoms with van der Waals surface area (Å²) in [6, 6.07) is 26.3. The van der Waals surface area contributed by atoms with Gasteiger partial charge >= 0.3 is 0 Å². The van der Waals surface area contributed by atoms with Gasteiger partial charge in [-0.05, 0) is 98.3 Å². The molecule has 4 aromatic rings. The topological polar surface area (TPSA) is 126 Å². The Morgan fingerprint density at radius 1 is 0.886 bits per heavy atom. The summed E-state index contributed by atoms with van der Waals surface area (Å²) in [4.78, 5) is 25.0. The molecule has 0 saturated heterocycles. The molecular formula is C32H31ClN4O6S. The second kappa shape index (κ2) is 15.0. The van der Waals surface area contributed by atoms with Gasteiger partial charge in [-0.2, -0.15) is 5.10 Å². The fourth-order valence-electron chi connectivity index (χ4n) is 3.93. The molecule has 44 heavy (non-hydrogen) atoms. The van der Waals surface area contributed by atoms with Gasteiger partial charge in [-0.25, -0.2) is 13.8 Å². The molecule has 0 aliphatic carbocycles. The third-order valence-electron chi connectivity index (χ3n) is 6.09.